The van der Waals surface area contributed by atoms with Crippen LogP contribution in [-0.2, 0) is 0 Å². The van der Waals surface area contributed by atoms with Gasteiger partial charge in [0.2, 0.25) is 0 Å². The quantitative estimate of drug-likeness (QED) is 0.800. The minimum absolute atomic E-state index is 0.203. The Kier molecular flexibility index (Phi) is 4.05. The van der Waals surface area contributed by atoms with Gasteiger partial charge in [0.1, 0.15) is 5.75 Å². The summed E-state index contributed by atoms with van der Waals surface area (Å²) in [5.74, 6) is 1.47. The normalized spacial score (nSPS) is 10.3. The number of aromatic nitrogens is 2. The maximum Gasteiger partial charge on any atom is 0.257 e. The summed E-state index contributed by atoms with van der Waals surface area (Å²) in [6, 6.07) is 14.2. The van der Waals surface area contributed by atoms with Gasteiger partial charge in [-0.2, -0.15) is 4.98 Å². The summed E-state index contributed by atoms with van der Waals surface area (Å²) in [5, 5.41) is 6.58. The highest BCUT2D eigenvalue weighted by atomic mass is 16.5. The van der Waals surface area contributed by atoms with Crippen LogP contribution in [0.3, 0.4) is 0 Å². The minimum Gasteiger partial charge on any atom is -0.497 e. The van der Waals surface area contributed by atoms with Gasteiger partial charge < -0.3 is 14.6 Å². The maximum atomic E-state index is 12.2. The number of nitrogens with one attached hydrogen (secondary N) is 1. The second-order valence-corrected chi connectivity index (χ2v) is 4.91. The zero-order valence-electron chi connectivity index (χ0n) is 12.7. The molecule has 3 aromatic rings. The first-order chi connectivity index (χ1) is 11.2. The Bertz CT molecular complexity index is 825. The second-order valence-electron chi connectivity index (χ2n) is 4.91. The van der Waals surface area contributed by atoms with E-state index in [1.807, 2.05) is 12.1 Å². The number of hydrogen-bond acceptors (Lipinski definition) is 5. The first kappa shape index (κ1) is 14.8. The number of carbonyl (C=O) groups is 1. The number of aryl methyl sites for hydroxylation is 1. The van der Waals surface area contributed by atoms with Gasteiger partial charge in [-0.15, -0.1) is 0 Å². The van der Waals surface area contributed by atoms with Gasteiger partial charge in [-0.3, -0.25) is 4.79 Å². The molecule has 1 N–H and O–H groups in total. The first-order valence-corrected chi connectivity index (χ1v) is 7.02. The fourth-order valence-corrected chi connectivity index (χ4v) is 2.08. The number of hydrogen-bond donors (Lipinski definition) is 1. The van der Waals surface area contributed by atoms with Gasteiger partial charge in [0.05, 0.1) is 7.11 Å². The van der Waals surface area contributed by atoms with E-state index in [9.17, 15) is 4.79 Å². The van der Waals surface area contributed by atoms with Crippen molar-refractivity contribution in [2.45, 2.75) is 6.92 Å². The van der Waals surface area contributed by atoms with Crippen LogP contribution in [0.25, 0.3) is 11.5 Å². The number of amides is 1. The molecule has 116 valence electrons. The van der Waals surface area contributed by atoms with Crippen LogP contribution in [0.4, 0.5) is 5.69 Å². The predicted molar refractivity (Wildman–Crippen MR) is 85.4 cm³/mol. The molecular formula is C17H15N3O3. The molecule has 0 aliphatic heterocycles. The fourth-order valence-electron chi connectivity index (χ4n) is 2.08. The van der Waals surface area contributed by atoms with E-state index in [0.29, 0.717) is 28.7 Å². The highest BCUT2D eigenvalue weighted by molar-refractivity contribution is 6.04. The Morgan fingerprint density at radius 1 is 1.17 bits per heavy atom. The Morgan fingerprint density at radius 3 is 2.61 bits per heavy atom. The Hall–Kier alpha value is -3.15. The van der Waals surface area contributed by atoms with Crippen LogP contribution < -0.4 is 10.1 Å². The summed E-state index contributed by atoms with van der Waals surface area (Å²) in [7, 11) is 1.56. The lowest BCUT2D eigenvalue weighted by atomic mass is 10.1. The maximum absolute atomic E-state index is 12.2. The SMILES string of the molecule is COc1cccc(C(=O)Nc2ccc(-c3nc(C)no3)cc2)c1. The van der Waals surface area contributed by atoms with Crippen molar-refractivity contribution in [2.75, 3.05) is 12.4 Å². The van der Waals surface area contributed by atoms with E-state index >= 15 is 0 Å². The lowest BCUT2D eigenvalue weighted by Gasteiger charge is -2.07. The molecule has 1 heterocycles. The zero-order valence-corrected chi connectivity index (χ0v) is 12.7. The Morgan fingerprint density at radius 2 is 1.96 bits per heavy atom. The molecule has 1 aromatic heterocycles. The van der Waals surface area contributed by atoms with Crippen molar-refractivity contribution < 1.29 is 14.1 Å². The Balaban J connectivity index is 1.73. The highest BCUT2D eigenvalue weighted by Crippen LogP contribution is 2.20. The summed E-state index contributed by atoms with van der Waals surface area (Å²) >= 11 is 0. The zero-order chi connectivity index (χ0) is 16.2. The van der Waals surface area contributed by atoms with E-state index in [-0.39, 0.29) is 5.91 Å². The molecule has 6 heteroatoms. The highest BCUT2D eigenvalue weighted by Gasteiger charge is 2.09. The number of rotatable bonds is 4. The molecule has 0 bridgehead atoms. The van der Waals surface area contributed by atoms with Gasteiger partial charge in [0.15, 0.2) is 5.82 Å². The van der Waals surface area contributed by atoms with E-state index in [4.69, 9.17) is 9.26 Å². The van der Waals surface area contributed by atoms with Crippen LogP contribution in [0, 0.1) is 6.92 Å². The molecule has 0 aliphatic carbocycles. The number of ether oxygens (including phenoxy) is 1. The van der Waals surface area contributed by atoms with Crippen LogP contribution in [0.1, 0.15) is 16.2 Å². The number of methoxy groups -OCH3 is 1. The van der Waals surface area contributed by atoms with Gasteiger partial charge in [-0.25, -0.2) is 0 Å². The average molecular weight is 309 g/mol. The van der Waals surface area contributed by atoms with E-state index in [1.54, 1.807) is 50.4 Å². The average Bonchev–Trinajstić information content (AvgIpc) is 3.02. The van der Waals surface area contributed by atoms with Gasteiger partial charge in [0.25, 0.3) is 11.8 Å². The molecule has 0 saturated heterocycles. The van der Waals surface area contributed by atoms with Crippen LogP contribution in [0.2, 0.25) is 0 Å². The third-order valence-electron chi connectivity index (χ3n) is 3.25. The summed E-state index contributed by atoms with van der Waals surface area (Å²) in [5.41, 5.74) is 2.00. The number of carbonyl (C=O) groups excluding carboxylic acids is 1. The lowest BCUT2D eigenvalue weighted by Crippen LogP contribution is -2.11. The molecular weight excluding hydrogens is 294 g/mol. The Labute approximate surface area is 133 Å². The second kappa shape index (κ2) is 6.31. The van der Waals surface area contributed by atoms with Crippen LogP contribution >= 0.6 is 0 Å². The molecule has 0 saturated carbocycles. The van der Waals surface area contributed by atoms with Crippen molar-refractivity contribution >= 4 is 11.6 Å². The van der Waals surface area contributed by atoms with E-state index in [2.05, 4.69) is 15.5 Å². The smallest absolute Gasteiger partial charge is 0.257 e. The predicted octanol–water partition coefficient (Wildman–Crippen LogP) is 3.31. The number of anilines is 1. The first-order valence-electron chi connectivity index (χ1n) is 7.02. The van der Waals surface area contributed by atoms with Crippen molar-refractivity contribution in [3.63, 3.8) is 0 Å². The van der Waals surface area contributed by atoms with Crippen molar-refractivity contribution in [1.29, 1.82) is 0 Å². The fraction of sp³-hybridized carbons (Fsp3) is 0.118. The summed E-state index contributed by atoms with van der Waals surface area (Å²) in [6.07, 6.45) is 0. The monoisotopic (exact) mass is 309 g/mol. The van der Waals surface area contributed by atoms with E-state index < -0.39 is 0 Å². The van der Waals surface area contributed by atoms with E-state index in [0.717, 1.165) is 5.56 Å². The van der Waals surface area contributed by atoms with Crippen molar-refractivity contribution in [3.05, 3.63) is 59.9 Å². The molecule has 0 fully saturated rings. The number of nitrogens with zero attached hydrogens (tertiary/aromatic N) is 2. The molecule has 2 aromatic carbocycles. The summed E-state index contributed by atoms with van der Waals surface area (Å²) in [4.78, 5) is 16.4. The standard InChI is InChI=1S/C17H15N3O3/c1-11-18-17(23-20-11)12-6-8-14(9-7-12)19-16(21)13-4-3-5-15(10-13)22-2/h3-10H,1-2H3,(H,19,21). The molecule has 0 radical (unpaired) electrons. The van der Waals surface area contributed by atoms with Crippen LogP contribution in [0.5, 0.6) is 5.75 Å². The third kappa shape index (κ3) is 3.37. The molecule has 0 aliphatic rings. The van der Waals surface area contributed by atoms with E-state index in [1.165, 1.54) is 0 Å². The summed E-state index contributed by atoms with van der Waals surface area (Å²) in [6.45, 7) is 1.76. The van der Waals surface area contributed by atoms with Gasteiger partial charge >= 0.3 is 0 Å². The van der Waals surface area contributed by atoms with Crippen LogP contribution in [0.15, 0.2) is 53.1 Å². The molecule has 6 nitrogen and oxygen atoms in total. The van der Waals surface area contributed by atoms with Gasteiger partial charge in [-0.1, -0.05) is 11.2 Å². The lowest BCUT2D eigenvalue weighted by molar-refractivity contribution is 0.102. The molecule has 0 unspecified atom stereocenters. The molecule has 0 spiro atoms. The third-order valence-corrected chi connectivity index (χ3v) is 3.25. The van der Waals surface area contributed by atoms with Gasteiger partial charge in [-0.05, 0) is 49.4 Å². The molecule has 23 heavy (non-hydrogen) atoms. The largest absolute Gasteiger partial charge is 0.497 e. The minimum atomic E-state index is -0.203. The number of benzene rings is 2. The van der Waals surface area contributed by atoms with Crippen molar-refractivity contribution in [2.24, 2.45) is 0 Å². The van der Waals surface area contributed by atoms with Gasteiger partial charge in [0, 0.05) is 16.8 Å². The summed E-state index contributed by atoms with van der Waals surface area (Å²) < 4.78 is 10.2. The molecule has 3 rings (SSSR count). The van der Waals surface area contributed by atoms with Crippen molar-refractivity contribution in [3.8, 4) is 17.2 Å². The van der Waals surface area contributed by atoms with Crippen LogP contribution in [-0.4, -0.2) is 23.2 Å². The van der Waals surface area contributed by atoms with Crippen molar-refractivity contribution in [1.82, 2.24) is 10.1 Å². The molecule has 1 amide bonds. The topological polar surface area (TPSA) is 77.2 Å². The molecule has 0 atom stereocenters.